The summed E-state index contributed by atoms with van der Waals surface area (Å²) in [4.78, 5) is 24.6. The molecule has 0 atom stereocenters. The number of nitro benzene ring substituents is 1. The Bertz CT molecular complexity index is 526. The van der Waals surface area contributed by atoms with Crippen LogP contribution < -0.4 is 0 Å². The Morgan fingerprint density at radius 3 is 2.75 bits per heavy atom. The van der Waals surface area contributed by atoms with Gasteiger partial charge >= 0.3 is 0 Å². The molecule has 1 N–H and O–H groups in total. The first kappa shape index (κ1) is 14.3. The Labute approximate surface area is 117 Å². The Kier molecular flexibility index (Phi) is 4.22. The summed E-state index contributed by atoms with van der Waals surface area (Å²) < 4.78 is 0. The summed E-state index contributed by atoms with van der Waals surface area (Å²) in [6.07, 6.45) is 3.01. The lowest BCUT2D eigenvalue weighted by Crippen LogP contribution is -2.34. The highest BCUT2D eigenvalue weighted by atomic mass is 16.6. The van der Waals surface area contributed by atoms with Crippen LogP contribution in [0.5, 0.6) is 5.75 Å². The number of phenolic OH excluding ortho intramolecular Hbond substituents is 1. The summed E-state index contributed by atoms with van der Waals surface area (Å²) in [6, 6.07) is 3.57. The van der Waals surface area contributed by atoms with E-state index in [1.807, 2.05) is 6.92 Å². The van der Waals surface area contributed by atoms with Gasteiger partial charge in [0.25, 0.3) is 11.6 Å². The zero-order chi connectivity index (χ0) is 14.7. The number of phenols is 1. The van der Waals surface area contributed by atoms with Crippen molar-refractivity contribution in [3.63, 3.8) is 0 Å². The van der Waals surface area contributed by atoms with Gasteiger partial charge in [-0.05, 0) is 37.3 Å². The van der Waals surface area contributed by atoms with Crippen LogP contribution in [0, 0.1) is 16.0 Å². The summed E-state index contributed by atoms with van der Waals surface area (Å²) in [6.45, 7) is 3.17. The number of nitrogens with zero attached hydrogens (tertiary/aromatic N) is 2. The fourth-order valence-corrected chi connectivity index (χ4v) is 2.18. The van der Waals surface area contributed by atoms with Gasteiger partial charge in [0.1, 0.15) is 11.3 Å². The van der Waals surface area contributed by atoms with E-state index in [-0.39, 0.29) is 22.9 Å². The molecule has 0 aliphatic heterocycles. The molecule has 6 nitrogen and oxygen atoms in total. The molecule has 0 radical (unpaired) electrons. The maximum absolute atomic E-state index is 12.5. The van der Waals surface area contributed by atoms with Crippen LogP contribution in [0.1, 0.15) is 36.5 Å². The second-order valence-electron chi connectivity index (χ2n) is 5.15. The molecular formula is C14H18N2O4. The number of aromatic hydroxyl groups is 1. The lowest BCUT2D eigenvalue weighted by molar-refractivity contribution is -0.385. The first-order valence-electron chi connectivity index (χ1n) is 6.79. The first-order chi connectivity index (χ1) is 9.52. The maximum Gasteiger partial charge on any atom is 0.282 e. The predicted octanol–water partition coefficient (Wildman–Crippen LogP) is 2.56. The van der Waals surface area contributed by atoms with Crippen molar-refractivity contribution in [2.45, 2.75) is 26.2 Å². The average Bonchev–Trinajstić information content (AvgIpc) is 3.21. The molecule has 1 aromatic rings. The van der Waals surface area contributed by atoms with Crippen molar-refractivity contribution in [2.75, 3.05) is 13.1 Å². The molecule has 0 heterocycles. The number of benzene rings is 1. The van der Waals surface area contributed by atoms with Gasteiger partial charge in [0.15, 0.2) is 0 Å². The third-order valence-corrected chi connectivity index (χ3v) is 3.36. The second-order valence-corrected chi connectivity index (χ2v) is 5.15. The van der Waals surface area contributed by atoms with Crippen LogP contribution >= 0.6 is 0 Å². The first-order valence-corrected chi connectivity index (χ1v) is 6.79. The molecule has 1 fully saturated rings. The van der Waals surface area contributed by atoms with E-state index in [4.69, 9.17) is 0 Å². The SMILES string of the molecule is CCCN(CC1CC1)C(=O)c1cc(O)ccc1[N+](=O)[O-]. The quantitative estimate of drug-likeness (QED) is 0.640. The van der Waals surface area contributed by atoms with E-state index in [9.17, 15) is 20.0 Å². The van der Waals surface area contributed by atoms with E-state index in [2.05, 4.69) is 0 Å². The number of hydrogen-bond donors (Lipinski definition) is 1. The van der Waals surface area contributed by atoms with Crippen molar-refractivity contribution in [1.82, 2.24) is 4.90 Å². The molecule has 0 aromatic heterocycles. The minimum atomic E-state index is -0.589. The van der Waals surface area contributed by atoms with E-state index in [1.165, 1.54) is 18.2 Å². The van der Waals surface area contributed by atoms with Crippen LogP contribution in [0.3, 0.4) is 0 Å². The Balaban J connectivity index is 2.28. The zero-order valence-corrected chi connectivity index (χ0v) is 11.4. The van der Waals surface area contributed by atoms with Crippen molar-refractivity contribution in [1.29, 1.82) is 0 Å². The molecule has 0 spiro atoms. The van der Waals surface area contributed by atoms with Crippen molar-refractivity contribution in [3.8, 4) is 5.75 Å². The van der Waals surface area contributed by atoms with Gasteiger partial charge < -0.3 is 10.0 Å². The van der Waals surface area contributed by atoms with Crippen LogP contribution in [0.25, 0.3) is 0 Å². The topological polar surface area (TPSA) is 83.7 Å². The third-order valence-electron chi connectivity index (χ3n) is 3.36. The van der Waals surface area contributed by atoms with Crippen LogP contribution in [0.15, 0.2) is 18.2 Å². The highest BCUT2D eigenvalue weighted by molar-refractivity contribution is 5.98. The van der Waals surface area contributed by atoms with Crippen LogP contribution in [-0.4, -0.2) is 33.9 Å². The zero-order valence-electron chi connectivity index (χ0n) is 11.4. The Morgan fingerprint density at radius 1 is 1.50 bits per heavy atom. The summed E-state index contributed by atoms with van der Waals surface area (Å²) >= 11 is 0. The molecule has 1 amide bonds. The van der Waals surface area contributed by atoms with Crippen molar-refractivity contribution >= 4 is 11.6 Å². The number of nitro groups is 1. The number of rotatable bonds is 6. The molecule has 108 valence electrons. The fraction of sp³-hybridized carbons (Fsp3) is 0.500. The predicted molar refractivity (Wildman–Crippen MR) is 73.7 cm³/mol. The van der Waals surface area contributed by atoms with Crippen molar-refractivity contribution in [2.24, 2.45) is 5.92 Å². The standard InChI is InChI=1S/C14H18N2O4/c1-2-7-15(9-10-3-4-10)14(18)12-8-11(17)5-6-13(12)16(19)20/h5-6,8,10,17H,2-4,7,9H2,1H3. The summed E-state index contributed by atoms with van der Waals surface area (Å²) in [5.41, 5.74) is -0.297. The lowest BCUT2D eigenvalue weighted by atomic mass is 10.1. The summed E-state index contributed by atoms with van der Waals surface area (Å²) in [5, 5.41) is 20.5. The van der Waals surface area contributed by atoms with Gasteiger partial charge in [-0.3, -0.25) is 14.9 Å². The molecule has 1 aliphatic carbocycles. The minimum Gasteiger partial charge on any atom is -0.508 e. The molecule has 1 aromatic carbocycles. The monoisotopic (exact) mass is 278 g/mol. The molecule has 0 unspecified atom stereocenters. The van der Waals surface area contributed by atoms with Crippen LogP contribution in [-0.2, 0) is 0 Å². The third kappa shape index (κ3) is 3.26. The molecule has 0 bridgehead atoms. The molecule has 20 heavy (non-hydrogen) atoms. The number of carbonyl (C=O) groups excluding carboxylic acids is 1. The largest absolute Gasteiger partial charge is 0.508 e. The molecule has 0 saturated heterocycles. The van der Waals surface area contributed by atoms with Crippen LogP contribution in [0.2, 0.25) is 0 Å². The van der Waals surface area contributed by atoms with Gasteiger partial charge in [-0.2, -0.15) is 0 Å². The van der Waals surface area contributed by atoms with Crippen molar-refractivity contribution in [3.05, 3.63) is 33.9 Å². The summed E-state index contributed by atoms with van der Waals surface area (Å²) in [5.74, 6) is 0.00466. The number of amides is 1. The number of hydrogen-bond acceptors (Lipinski definition) is 4. The lowest BCUT2D eigenvalue weighted by Gasteiger charge is -2.22. The summed E-state index contributed by atoms with van der Waals surface area (Å²) in [7, 11) is 0. The van der Waals surface area contributed by atoms with Gasteiger partial charge in [-0.15, -0.1) is 0 Å². The number of carbonyl (C=O) groups is 1. The van der Waals surface area contributed by atoms with E-state index >= 15 is 0 Å². The molecular weight excluding hydrogens is 260 g/mol. The fourth-order valence-electron chi connectivity index (χ4n) is 2.18. The van der Waals surface area contributed by atoms with Gasteiger partial charge in [-0.25, -0.2) is 0 Å². The maximum atomic E-state index is 12.5. The minimum absolute atomic E-state index is 0.0379. The molecule has 1 aliphatic rings. The molecule has 6 heteroatoms. The Morgan fingerprint density at radius 2 is 2.20 bits per heavy atom. The highest BCUT2D eigenvalue weighted by Crippen LogP contribution is 2.31. The van der Waals surface area contributed by atoms with Gasteiger partial charge in [0.05, 0.1) is 4.92 Å². The van der Waals surface area contributed by atoms with Crippen LogP contribution in [0.4, 0.5) is 5.69 Å². The molecule has 1 saturated carbocycles. The normalized spacial score (nSPS) is 14.1. The van der Waals surface area contributed by atoms with Gasteiger partial charge in [-0.1, -0.05) is 6.92 Å². The molecule has 2 rings (SSSR count). The Hall–Kier alpha value is -2.11. The van der Waals surface area contributed by atoms with E-state index in [0.29, 0.717) is 19.0 Å². The van der Waals surface area contributed by atoms with Gasteiger partial charge in [0.2, 0.25) is 0 Å². The highest BCUT2D eigenvalue weighted by Gasteiger charge is 2.30. The second kappa shape index (κ2) is 5.90. The smallest absolute Gasteiger partial charge is 0.282 e. The van der Waals surface area contributed by atoms with E-state index < -0.39 is 4.92 Å². The van der Waals surface area contributed by atoms with E-state index in [0.717, 1.165) is 19.3 Å². The van der Waals surface area contributed by atoms with Gasteiger partial charge in [0, 0.05) is 19.2 Å². The van der Waals surface area contributed by atoms with Crippen molar-refractivity contribution < 1.29 is 14.8 Å². The average molecular weight is 278 g/mol. The van der Waals surface area contributed by atoms with E-state index in [1.54, 1.807) is 4.90 Å².